The lowest BCUT2D eigenvalue weighted by molar-refractivity contribution is 0.625. The van der Waals surface area contributed by atoms with Gasteiger partial charge in [-0.05, 0) is 46.8 Å². The van der Waals surface area contributed by atoms with Crippen LogP contribution in [0.15, 0.2) is 36.4 Å². The topological polar surface area (TPSA) is 69.6 Å². The second kappa shape index (κ2) is 5.10. The molecule has 0 aliphatic carbocycles. The molecule has 0 unspecified atom stereocenters. The van der Waals surface area contributed by atoms with E-state index in [1.54, 1.807) is 0 Å². The predicted octanol–water partition coefficient (Wildman–Crippen LogP) is 2.84. The minimum absolute atomic E-state index is 0.105. The summed E-state index contributed by atoms with van der Waals surface area (Å²) in [6, 6.07) is 7.80. The maximum atomic E-state index is 13.9. The fourth-order valence-corrected chi connectivity index (χ4v) is 2.13. The van der Waals surface area contributed by atoms with Crippen molar-refractivity contribution in [3.05, 3.63) is 53.1 Å². The van der Waals surface area contributed by atoms with Gasteiger partial charge in [-0.1, -0.05) is 11.6 Å². The molecule has 106 valence electrons. The van der Waals surface area contributed by atoms with Crippen LogP contribution in [0.25, 0.3) is 17.1 Å². The Morgan fingerprint density at radius 2 is 1.90 bits per heavy atom. The molecular formula is C13H8ClF2N5. The van der Waals surface area contributed by atoms with Crippen molar-refractivity contribution in [2.75, 3.05) is 5.73 Å². The van der Waals surface area contributed by atoms with E-state index in [1.165, 1.54) is 35.0 Å². The Morgan fingerprint density at radius 3 is 2.67 bits per heavy atom. The molecule has 0 aliphatic rings. The van der Waals surface area contributed by atoms with Gasteiger partial charge in [0.05, 0.1) is 16.3 Å². The van der Waals surface area contributed by atoms with Crippen LogP contribution in [0.5, 0.6) is 0 Å². The number of hydrogen-bond donors (Lipinski definition) is 1. The summed E-state index contributed by atoms with van der Waals surface area (Å²) >= 11 is 5.98. The Morgan fingerprint density at radius 1 is 1.10 bits per heavy atom. The second-order valence-corrected chi connectivity index (χ2v) is 4.66. The quantitative estimate of drug-likeness (QED) is 0.739. The lowest BCUT2D eigenvalue weighted by atomic mass is 10.1. The molecule has 0 spiro atoms. The van der Waals surface area contributed by atoms with Crippen molar-refractivity contribution in [2.24, 2.45) is 0 Å². The third kappa shape index (κ3) is 2.43. The van der Waals surface area contributed by atoms with E-state index in [2.05, 4.69) is 15.5 Å². The van der Waals surface area contributed by atoms with E-state index in [-0.39, 0.29) is 16.4 Å². The highest BCUT2D eigenvalue weighted by atomic mass is 35.5. The number of nitrogen functional groups attached to an aromatic ring is 1. The lowest BCUT2D eigenvalue weighted by Crippen LogP contribution is -2.02. The van der Waals surface area contributed by atoms with Gasteiger partial charge in [0.2, 0.25) is 0 Å². The fourth-order valence-electron chi connectivity index (χ4n) is 1.88. The highest BCUT2D eigenvalue weighted by Crippen LogP contribution is 2.27. The van der Waals surface area contributed by atoms with Crippen molar-refractivity contribution in [2.45, 2.75) is 0 Å². The molecule has 0 fully saturated rings. The van der Waals surface area contributed by atoms with E-state index in [1.807, 2.05) is 0 Å². The summed E-state index contributed by atoms with van der Waals surface area (Å²) in [5, 5.41) is 11.2. The van der Waals surface area contributed by atoms with Gasteiger partial charge in [0.25, 0.3) is 0 Å². The second-order valence-electron chi connectivity index (χ2n) is 4.25. The zero-order valence-electron chi connectivity index (χ0n) is 10.5. The molecule has 1 heterocycles. The number of anilines is 1. The van der Waals surface area contributed by atoms with E-state index < -0.39 is 11.6 Å². The van der Waals surface area contributed by atoms with Gasteiger partial charge in [-0.3, -0.25) is 0 Å². The fraction of sp³-hybridized carbons (Fsp3) is 0. The SMILES string of the molecule is Nc1ccc(F)c(-c2nnnn2-c2ccc(F)cc2Cl)c1. The summed E-state index contributed by atoms with van der Waals surface area (Å²) in [4.78, 5) is 0. The molecule has 1 aromatic heterocycles. The Bertz CT molecular complexity index is 818. The van der Waals surface area contributed by atoms with Crippen LogP contribution in [0.3, 0.4) is 0 Å². The maximum Gasteiger partial charge on any atom is 0.190 e. The first-order valence-electron chi connectivity index (χ1n) is 5.85. The molecule has 2 N–H and O–H groups in total. The molecule has 0 radical (unpaired) electrons. The number of nitrogens with two attached hydrogens (primary N) is 1. The predicted molar refractivity (Wildman–Crippen MR) is 73.9 cm³/mol. The minimum atomic E-state index is -0.529. The first-order valence-corrected chi connectivity index (χ1v) is 6.23. The van der Waals surface area contributed by atoms with Crippen molar-refractivity contribution in [1.82, 2.24) is 20.2 Å². The molecule has 0 amide bonds. The third-order valence-corrected chi connectivity index (χ3v) is 3.14. The minimum Gasteiger partial charge on any atom is -0.399 e. The van der Waals surface area contributed by atoms with Crippen LogP contribution in [0.1, 0.15) is 0 Å². The highest BCUT2D eigenvalue weighted by Gasteiger charge is 2.17. The number of hydrogen-bond acceptors (Lipinski definition) is 4. The van der Waals surface area contributed by atoms with Crippen molar-refractivity contribution < 1.29 is 8.78 Å². The summed E-state index contributed by atoms with van der Waals surface area (Å²) in [5.74, 6) is -0.902. The van der Waals surface area contributed by atoms with Crippen molar-refractivity contribution in [3.63, 3.8) is 0 Å². The standard InChI is InChI=1S/C13H8ClF2N5/c14-10-5-7(15)1-4-12(10)21-13(18-19-20-21)9-6-8(17)2-3-11(9)16/h1-6H,17H2. The van der Waals surface area contributed by atoms with E-state index in [9.17, 15) is 8.78 Å². The van der Waals surface area contributed by atoms with Gasteiger partial charge < -0.3 is 5.73 Å². The van der Waals surface area contributed by atoms with Gasteiger partial charge in [-0.15, -0.1) is 5.10 Å². The molecule has 0 saturated carbocycles. The Hall–Kier alpha value is -2.54. The van der Waals surface area contributed by atoms with Crippen LogP contribution in [0, 0.1) is 11.6 Å². The van der Waals surface area contributed by atoms with Gasteiger partial charge in [0.1, 0.15) is 11.6 Å². The molecule has 21 heavy (non-hydrogen) atoms. The average molecular weight is 308 g/mol. The molecular weight excluding hydrogens is 300 g/mol. The Balaban J connectivity index is 2.19. The zero-order chi connectivity index (χ0) is 15.0. The van der Waals surface area contributed by atoms with Crippen LogP contribution in [0.4, 0.5) is 14.5 Å². The number of tetrazole rings is 1. The normalized spacial score (nSPS) is 10.8. The van der Waals surface area contributed by atoms with Crippen LogP contribution >= 0.6 is 11.6 Å². The van der Waals surface area contributed by atoms with Crippen LogP contribution in [-0.2, 0) is 0 Å². The molecule has 0 saturated heterocycles. The first-order chi connectivity index (χ1) is 10.1. The number of nitrogens with zero attached hydrogens (tertiary/aromatic N) is 4. The van der Waals surface area contributed by atoms with Gasteiger partial charge in [-0.2, -0.15) is 4.68 Å². The average Bonchev–Trinajstić information content (AvgIpc) is 2.90. The van der Waals surface area contributed by atoms with Gasteiger partial charge in [0, 0.05) is 5.69 Å². The van der Waals surface area contributed by atoms with E-state index in [0.29, 0.717) is 11.4 Å². The Kier molecular flexibility index (Phi) is 3.26. The largest absolute Gasteiger partial charge is 0.399 e. The smallest absolute Gasteiger partial charge is 0.190 e. The van der Waals surface area contributed by atoms with Crippen molar-refractivity contribution >= 4 is 17.3 Å². The third-order valence-electron chi connectivity index (χ3n) is 2.84. The summed E-state index contributed by atoms with van der Waals surface area (Å²) in [5.41, 5.74) is 6.48. The molecule has 3 aromatic rings. The maximum absolute atomic E-state index is 13.9. The monoisotopic (exact) mass is 307 g/mol. The van der Waals surface area contributed by atoms with Crippen molar-refractivity contribution in [3.8, 4) is 17.1 Å². The molecule has 3 rings (SSSR count). The zero-order valence-corrected chi connectivity index (χ0v) is 11.2. The van der Waals surface area contributed by atoms with E-state index >= 15 is 0 Å². The molecule has 0 atom stereocenters. The lowest BCUT2D eigenvalue weighted by Gasteiger charge is -2.08. The highest BCUT2D eigenvalue weighted by molar-refractivity contribution is 6.32. The Labute approximate surface area is 123 Å². The molecule has 0 aliphatic heterocycles. The van der Waals surface area contributed by atoms with Gasteiger partial charge in [-0.25, -0.2) is 8.78 Å². The van der Waals surface area contributed by atoms with Crippen LogP contribution in [-0.4, -0.2) is 20.2 Å². The number of benzene rings is 2. The first kappa shape index (κ1) is 13.4. The van der Waals surface area contributed by atoms with Gasteiger partial charge in [0.15, 0.2) is 5.82 Å². The summed E-state index contributed by atoms with van der Waals surface area (Å²) in [6.45, 7) is 0. The number of halogens is 3. The summed E-state index contributed by atoms with van der Waals surface area (Å²) < 4.78 is 28.3. The van der Waals surface area contributed by atoms with E-state index in [0.717, 1.165) is 6.07 Å². The van der Waals surface area contributed by atoms with Crippen LogP contribution in [0.2, 0.25) is 5.02 Å². The van der Waals surface area contributed by atoms with Crippen LogP contribution < -0.4 is 5.73 Å². The molecule has 0 bridgehead atoms. The number of rotatable bonds is 2. The van der Waals surface area contributed by atoms with E-state index in [4.69, 9.17) is 17.3 Å². The molecule has 5 nitrogen and oxygen atoms in total. The molecule has 2 aromatic carbocycles. The summed E-state index contributed by atoms with van der Waals surface area (Å²) in [7, 11) is 0. The number of aromatic nitrogens is 4. The van der Waals surface area contributed by atoms with Gasteiger partial charge >= 0.3 is 0 Å². The van der Waals surface area contributed by atoms with Crippen molar-refractivity contribution in [1.29, 1.82) is 0 Å². The summed E-state index contributed by atoms with van der Waals surface area (Å²) in [6.07, 6.45) is 0. The molecule has 8 heteroatoms.